The van der Waals surface area contributed by atoms with Crippen LogP contribution in [0.5, 0.6) is 0 Å². The van der Waals surface area contributed by atoms with Crippen LogP contribution in [0.4, 0.5) is 0 Å². The molecule has 0 atom stereocenters. The number of hydrogen-bond acceptors (Lipinski definition) is 0. The Hall–Kier alpha value is -2.15. The summed E-state index contributed by atoms with van der Waals surface area (Å²) in [5, 5.41) is 0. The van der Waals surface area contributed by atoms with Crippen molar-refractivity contribution in [1.82, 2.24) is 0 Å². The molecule has 0 radical (unpaired) electrons. The molecule has 0 spiro atoms. The van der Waals surface area contributed by atoms with Gasteiger partial charge in [0.1, 0.15) is 13.1 Å². The van der Waals surface area contributed by atoms with Crippen LogP contribution in [0.3, 0.4) is 0 Å². The third-order valence-electron chi connectivity index (χ3n) is 4.24. The zero-order chi connectivity index (χ0) is 15.2. The van der Waals surface area contributed by atoms with E-state index in [1.165, 1.54) is 35.3 Å². The van der Waals surface area contributed by atoms with Crippen molar-refractivity contribution in [3.63, 3.8) is 0 Å². The van der Waals surface area contributed by atoms with Gasteiger partial charge in [0.15, 0.2) is 0 Å². The zero-order valence-corrected chi connectivity index (χ0v) is 13.3. The highest BCUT2D eigenvalue weighted by Crippen LogP contribution is 2.22. The van der Waals surface area contributed by atoms with Gasteiger partial charge in [0.25, 0.3) is 0 Å². The molecule has 2 aromatic rings. The van der Waals surface area contributed by atoms with Gasteiger partial charge in [-0.2, -0.15) is 0 Å². The molecule has 0 saturated carbocycles. The zero-order valence-electron chi connectivity index (χ0n) is 13.3. The van der Waals surface area contributed by atoms with E-state index >= 15 is 0 Å². The van der Waals surface area contributed by atoms with Crippen LogP contribution < -0.4 is 0 Å². The molecule has 1 aliphatic heterocycles. The maximum absolute atomic E-state index is 2.56. The molecule has 3 rings (SSSR count). The van der Waals surface area contributed by atoms with Crippen LogP contribution in [-0.4, -0.2) is 23.4 Å². The Morgan fingerprint density at radius 2 is 1.64 bits per heavy atom. The Bertz CT molecular complexity index is 666. The second-order valence-electron chi connectivity index (χ2n) is 5.89. The van der Waals surface area contributed by atoms with E-state index in [0.717, 1.165) is 19.5 Å². The average Bonchev–Trinajstić information content (AvgIpc) is 2.97. The molecular formula is C21H24N+. The summed E-state index contributed by atoms with van der Waals surface area (Å²) in [7, 11) is 0. The Kier molecular flexibility index (Phi) is 4.85. The lowest BCUT2D eigenvalue weighted by Crippen LogP contribution is -2.18. The summed E-state index contributed by atoms with van der Waals surface area (Å²) >= 11 is 0. The fourth-order valence-corrected chi connectivity index (χ4v) is 3.12. The predicted molar refractivity (Wildman–Crippen MR) is 94.5 cm³/mol. The highest BCUT2D eigenvalue weighted by atomic mass is 15.0. The topological polar surface area (TPSA) is 3.01 Å². The molecule has 0 aliphatic carbocycles. The molecule has 1 heterocycles. The van der Waals surface area contributed by atoms with E-state index in [-0.39, 0.29) is 0 Å². The quantitative estimate of drug-likeness (QED) is 0.697. The molecule has 112 valence electrons. The van der Waals surface area contributed by atoms with E-state index in [1.807, 2.05) is 0 Å². The molecule has 2 aromatic carbocycles. The highest BCUT2D eigenvalue weighted by Gasteiger charge is 2.28. The monoisotopic (exact) mass is 290 g/mol. The van der Waals surface area contributed by atoms with Gasteiger partial charge >= 0.3 is 0 Å². The van der Waals surface area contributed by atoms with Crippen LogP contribution in [0.25, 0.3) is 6.08 Å². The largest absolute Gasteiger partial charge is 0.229 e. The third kappa shape index (κ3) is 3.36. The van der Waals surface area contributed by atoms with Crippen molar-refractivity contribution in [2.45, 2.75) is 26.2 Å². The van der Waals surface area contributed by atoms with Crippen molar-refractivity contribution in [3.05, 3.63) is 77.4 Å². The molecule has 0 saturated heterocycles. The van der Waals surface area contributed by atoms with Gasteiger partial charge in [-0.3, -0.25) is 0 Å². The number of rotatable bonds is 5. The summed E-state index contributed by atoms with van der Waals surface area (Å²) in [6.45, 7) is 4.56. The Morgan fingerprint density at radius 3 is 2.32 bits per heavy atom. The van der Waals surface area contributed by atoms with Crippen LogP contribution in [-0.2, 0) is 0 Å². The van der Waals surface area contributed by atoms with Crippen molar-refractivity contribution in [1.29, 1.82) is 0 Å². The van der Waals surface area contributed by atoms with E-state index < -0.39 is 0 Å². The minimum absolute atomic E-state index is 1.14. The van der Waals surface area contributed by atoms with Crippen LogP contribution in [0.15, 0.2) is 66.2 Å². The van der Waals surface area contributed by atoms with Crippen LogP contribution in [0.2, 0.25) is 0 Å². The second-order valence-corrected chi connectivity index (χ2v) is 5.89. The van der Waals surface area contributed by atoms with Crippen LogP contribution >= 0.6 is 0 Å². The van der Waals surface area contributed by atoms with Gasteiger partial charge in [-0.1, -0.05) is 61.9 Å². The predicted octanol–water partition coefficient (Wildman–Crippen LogP) is 4.78. The molecule has 0 amide bonds. The third-order valence-corrected chi connectivity index (χ3v) is 4.24. The van der Waals surface area contributed by atoms with Gasteiger partial charge < -0.3 is 0 Å². The average molecular weight is 290 g/mol. The van der Waals surface area contributed by atoms with Crippen molar-refractivity contribution < 1.29 is 4.58 Å². The van der Waals surface area contributed by atoms with Crippen molar-refractivity contribution in [2.24, 2.45) is 0 Å². The summed E-state index contributed by atoms with van der Waals surface area (Å²) in [4.78, 5) is 0. The fraction of sp³-hybridized carbons (Fsp3) is 0.286. The summed E-state index contributed by atoms with van der Waals surface area (Å²) < 4.78 is 2.56. The first-order valence-electron chi connectivity index (χ1n) is 8.32. The molecule has 1 nitrogen and oxygen atoms in total. The van der Waals surface area contributed by atoms with Gasteiger partial charge in [-0.15, -0.1) is 0 Å². The van der Waals surface area contributed by atoms with E-state index in [2.05, 4.69) is 78.2 Å². The minimum atomic E-state index is 1.14. The van der Waals surface area contributed by atoms with Gasteiger partial charge in [-0.25, -0.2) is 4.58 Å². The SMILES string of the molecule is CCCC[N+]1=C(c2ccccc2)/C(=C\c2ccccc2)CC1. The standard InChI is InChI=1S/C21H24N/c1-2-3-15-22-16-14-20(17-18-10-6-4-7-11-18)21(22)19-12-8-5-9-13-19/h4-13,17H,2-3,14-16H2,1H3/q+1/b20-17-. The lowest BCUT2D eigenvalue weighted by molar-refractivity contribution is -0.520. The van der Waals surface area contributed by atoms with Gasteiger partial charge in [0.05, 0.1) is 0 Å². The molecule has 1 heteroatoms. The smallest absolute Gasteiger partial charge is 0.210 e. The molecule has 0 unspecified atom stereocenters. The first-order valence-corrected chi connectivity index (χ1v) is 8.32. The maximum atomic E-state index is 2.56. The summed E-state index contributed by atoms with van der Waals surface area (Å²) in [5.74, 6) is 0. The van der Waals surface area contributed by atoms with E-state index in [9.17, 15) is 0 Å². The van der Waals surface area contributed by atoms with Gasteiger partial charge in [0, 0.05) is 24.0 Å². The number of unbranched alkanes of at least 4 members (excludes halogenated alkanes) is 1. The van der Waals surface area contributed by atoms with Crippen LogP contribution in [0.1, 0.15) is 37.3 Å². The van der Waals surface area contributed by atoms with E-state index in [1.54, 1.807) is 0 Å². The van der Waals surface area contributed by atoms with Crippen molar-refractivity contribution in [3.8, 4) is 0 Å². The molecule has 0 N–H and O–H groups in total. The minimum Gasteiger partial charge on any atom is -0.229 e. The summed E-state index contributed by atoms with van der Waals surface area (Å²) in [5.41, 5.74) is 5.54. The first-order chi connectivity index (χ1) is 10.9. The van der Waals surface area contributed by atoms with E-state index in [0.29, 0.717) is 0 Å². The van der Waals surface area contributed by atoms with Crippen molar-refractivity contribution >= 4 is 11.8 Å². The lowest BCUT2D eigenvalue weighted by atomic mass is 10.00. The molecule has 0 aromatic heterocycles. The molecule has 1 aliphatic rings. The number of hydrogen-bond donors (Lipinski definition) is 0. The Balaban J connectivity index is 2.00. The molecule has 22 heavy (non-hydrogen) atoms. The molecular weight excluding hydrogens is 266 g/mol. The number of benzene rings is 2. The van der Waals surface area contributed by atoms with Crippen molar-refractivity contribution in [2.75, 3.05) is 13.1 Å². The maximum Gasteiger partial charge on any atom is 0.210 e. The van der Waals surface area contributed by atoms with Crippen LogP contribution in [0, 0.1) is 0 Å². The Labute approximate surface area is 133 Å². The number of nitrogens with zero attached hydrogens (tertiary/aromatic N) is 1. The summed E-state index contributed by atoms with van der Waals surface area (Å²) in [6, 6.07) is 21.5. The first kappa shape index (κ1) is 14.8. The normalized spacial score (nSPS) is 16.5. The second kappa shape index (κ2) is 7.22. The van der Waals surface area contributed by atoms with E-state index in [4.69, 9.17) is 0 Å². The fourth-order valence-electron chi connectivity index (χ4n) is 3.12. The lowest BCUT2D eigenvalue weighted by Gasteiger charge is -2.04. The Morgan fingerprint density at radius 1 is 0.955 bits per heavy atom. The summed E-state index contributed by atoms with van der Waals surface area (Å²) in [6.07, 6.45) is 6.00. The van der Waals surface area contributed by atoms with Gasteiger partial charge in [0.2, 0.25) is 5.71 Å². The molecule has 0 bridgehead atoms. The van der Waals surface area contributed by atoms with Gasteiger partial charge in [-0.05, 0) is 23.8 Å². The molecule has 0 fully saturated rings. The highest BCUT2D eigenvalue weighted by molar-refractivity contribution is 6.12.